The molecule has 1 aliphatic heterocycles. The Hall–Kier alpha value is -2.52. The van der Waals surface area contributed by atoms with E-state index in [9.17, 15) is 19.8 Å². The van der Waals surface area contributed by atoms with Crippen molar-refractivity contribution in [1.29, 1.82) is 0 Å². The standard InChI is InChI=1S/C19H20ClN3O5/c20-14-4-2-1-3-13(14)18(26)22-9-15-16(24)19(27,11-28-15)10-23-17(25)12-5-7-21-8-6-12/h1-8,15-16,24,27H,9-11H2,(H,22,26)(H,23,25)/t15-,16-,19+/m1/s1. The van der Waals surface area contributed by atoms with Crippen LogP contribution in [-0.4, -0.2) is 64.5 Å². The first kappa shape index (κ1) is 20.2. The number of benzene rings is 1. The molecule has 0 aliphatic carbocycles. The molecule has 2 heterocycles. The number of hydrogen-bond acceptors (Lipinski definition) is 6. The van der Waals surface area contributed by atoms with Crippen molar-refractivity contribution < 1.29 is 24.5 Å². The Labute approximate surface area is 166 Å². The molecule has 3 atom stereocenters. The van der Waals surface area contributed by atoms with Gasteiger partial charge in [0.1, 0.15) is 17.8 Å². The van der Waals surface area contributed by atoms with Crippen molar-refractivity contribution in [2.45, 2.75) is 17.8 Å². The molecule has 148 valence electrons. The van der Waals surface area contributed by atoms with Gasteiger partial charge in [-0.2, -0.15) is 0 Å². The molecule has 0 spiro atoms. The van der Waals surface area contributed by atoms with Crippen molar-refractivity contribution in [3.05, 3.63) is 64.9 Å². The molecular formula is C19H20ClN3O5. The van der Waals surface area contributed by atoms with Gasteiger partial charge in [-0.1, -0.05) is 23.7 Å². The van der Waals surface area contributed by atoms with Gasteiger partial charge in [-0.25, -0.2) is 0 Å². The molecule has 0 bridgehead atoms. The predicted molar refractivity (Wildman–Crippen MR) is 101 cm³/mol. The normalized spacial score (nSPS) is 24.0. The van der Waals surface area contributed by atoms with E-state index in [1.165, 1.54) is 24.5 Å². The number of hydrogen-bond donors (Lipinski definition) is 4. The van der Waals surface area contributed by atoms with Gasteiger partial charge in [0.05, 0.1) is 23.7 Å². The molecule has 1 saturated heterocycles. The number of carbonyl (C=O) groups is 2. The van der Waals surface area contributed by atoms with E-state index in [0.29, 0.717) is 16.1 Å². The van der Waals surface area contributed by atoms with Crippen LogP contribution in [0.25, 0.3) is 0 Å². The quantitative estimate of drug-likeness (QED) is 0.551. The van der Waals surface area contributed by atoms with Crippen LogP contribution >= 0.6 is 11.6 Å². The average Bonchev–Trinajstić information content (AvgIpc) is 3.00. The van der Waals surface area contributed by atoms with Gasteiger partial charge in [0.2, 0.25) is 0 Å². The lowest BCUT2D eigenvalue weighted by molar-refractivity contribution is -0.0464. The zero-order valence-electron chi connectivity index (χ0n) is 14.8. The lowest BCUT2D eigenvalue weighted by atomic mass is 9.96. The Morgan fingerprint density at radius 2 is 1.89 bits per heavy atom. The van der Waals surface area contributed by atoms with Crippen LogP contribution < -0.4 is 10.6 Å². The molecular weight excluding hydrogens is 386 g/mol. The van der Waals surface area contributed by atoms with Crippen molar-refractivity contribution in [3.63, 3.8) is 0 Å². The van der Waals surface area contributed by atoms with Crippen LogP contribution in [0.2, 0.25) is 5.02 Å². The van der Waals surface area contributed by atoms with Crippen molar-refractivity contribution >= 4 is 23.4 Å². The third-order valence-electron chi connectivity index (χ3n) is 4.53. The summed E-state index contributed by atoms with van der Waals surface area (Å²) in [6, 6.07) is 9.65. The Morgan fingerprint density at radius 3 is 2.61 bits per heavy atom. The lowest BCUT2D eigenvalue weighted by Crippen LogP contribution is -2.53. The highest BCUT2D eigenvalue weighted by Crippen LogP contribution is 2.24. The maximum atomic E-state index is 12.2. The highest BCUT2D eigenvalue weighted by atomic mass is 35.5. The first-order valence-electron chi connectivity index (χ1n) is 8.64. The molecule has 0 saturated carbocycles. The minimum absolute atomic E-state index is 0.0220. The summed E-state index contributed by atoms with van der Waals surface area (Å²) in [6.45, 7) is -0.409. The zero-order chi connectivity index (χ0) is 20.1. The number of nitrogens with one attached hydrogen (secondary N) is 2. The van der Waals surface area contributed by atoms with Crippen molar-refractivity contribution in [1.82, 2.24) is 15.6 Å². The molecule has 2 amide bonds. The van der Waals surface area contributed by atoms with E-state index in [4.69, 9.17) is 16.3 Å². The summed E-state index contributed by atoms with van der Waals surface area (Å²) in [4.78, 5) is 28.1. The number of carbonyl (C=O) groups excluding carboxylic acids is 2. The number of aliphatic hydroxyl groups is 2. The fourth-order valence-electron chi connectivity index (χ4n) is 2.87. The van der Waals surface area contributed by atoms with E-state index in [-0.39, 0.29) is 19.7 Å². The summed E-state index contributed by atoms with van der Waals surface area (Å²) in [5.74, 6) is -0.818. The van der Waals surface area contributed by atoms with E-state index in [1.54, 1.807) is 24.3 Å². The number of ether oxygens (including phenoxy) is 1. The second-order valence-corrected chi connectivity index (χ2v) is 6.91. The number of rotatable bonds is 6. The minimum atomic E-state index is -1.66. The first-order valence-corrected chi connectivity index (χ1v) is 9.01. The fourth-order valence-corrected chi connectivity index (χ4v) is 3.09. The maximum absolute atomic E-state index is 12.2. The Morgan fingerprint density at radius 1 is 1.18 bits per heavy atom. The zero-order valence-corrected chi connectivity index (χ0v) is 15.6. The second kappa shape index (κ2) is 8.66. The Bertz CT molecular complexity index is 850. The number of aromatic nitrogens is 1. The molecule has 1 aromatic heterocycles. The highest BCUT2D eigenvalue weighted by Gasteiger charge is 2.48. The molecule has 1 aromatic carbocycles. The summed E-state index contributed by atoms with van der Waals surface area (Å²) in [7, 11) is 0. The molecule has 2 aromatic rings. The molecule has 3 rings (SSSR count). The van der Waals surface area contributed by atoms with Crippen LogP contribution in [0.5, 0.6) is 0 Å². The topological polar surface area (TPSA) is 121 Å². The van der Waals surface area contributed by atoms with Gasteiger partial charge in [-0.15, -0.1) is 0 Å². The predicted octanol–water partition coefficient (Wildman–Crippen LogP) is 0.386. The van der Waals surface area contributed by atoms with E-state index in [2.05, 4.69) is 15.6 Å². The number of halogens is 1. The summed E-state index contributed by atoms with van der Waals surface area (Å²) < 4.78 is 5.43. The number of aliphatic hydroxyl groups excluding tert-OH is 1. The molecule has 28 heavy (non-hydrogen) atoms. The number of pyridine rings is 1. The molecule has 0 unspecified atom stereocenters. The van der Waals surface area contributed by atoms with Crippen molar-refractivity contribution in [2.75, 3.05) is 19.7 Å². The summed E-state index contributed by atoms with van der Waals surface area (Å²) >= 11 is 5.98. The molecule has 0 radical (unpaired) electrons. The first-order chi connectivity index (χ1) is 13.4. The molecule has 9 heteroatoms. The largest absolute Gasteiger partial charge is 0.387 e. The van der Waals surface area contributed by atoms with Gasteiger partial charge in [0, 0.05) is 24.5 Å². The fraction of sp³-hybridized carbons (Fsp3) is 0.316. The SMILES string of the molecule is O=C(NC[C@]1(O)CO[C@H](CNC(=O)c2ccccc2Cl)[C@H]1O)c1ccncc1. The van der Waals surface area contributed by atoms with E-state index < -0.39 is 29.6 Å². The van der Waals surface area contributed by atoms with Crippen LogP contribution in [0.15, 0.2) is 48.8 Å². The van der Waals surface area contributed by atoms with E-state index in [0.717, 1.165) is 0 Å². The van der Waals surface area contributed by atoms with Crippen molar-refractivity contribution in [3.8, 4) is 0 Å². The van der Waals surface area contributed by atoms with Gasteiger partial charge in [-0.05, 0) is 24.3 Å². The van der Waals surface area contributed by atoms with Crippen LogP contribution in [-0.2, 0) is 4.74 Å². The van der Waals surface area contributed by atoms with Gasteiger partial charge < -0.3 is 25.6 Å². The molecule has 8 nitrogen and oxygen atoms in total. The van der Waals surface area contributed by atoms with Crippen LogP contribution in [0, 0.1) is 0 Å². The van der Waals surface area contributed by atoms with Crippen LogP contribution in [0.4, 0.5) is 0 Å². The summed E-state index contributed by atoms with van der Waals surface area (Å²) in [5, 5.41) is 26.5. The van der Waals surface area contributed by atoms with Crippen molar-refractivity contribution in [2.24, 2.45) is 0 Å². The Kier molecular flexibility index (Phi) is 6.25. The van der Waals surface area contributed by atoms with Gasteiger partial charge in [0.25, 0.3) is 11.8 Å². The van der Waals surface area contributed by atoms with Gasteiger partial charge in [0.15, 0.2) is 0 Å². The third-order valence-corrected chi connectivity index (χ3v) is 4.86. The highest BCUT2D eigenvalue weighted by molar-refractivity contribution is 6.33. The van der Waals surface area contributed by atoms with Gasteiger partial charge in [-0.3, -0.25) is 14.6 Å². The van der Waals surface area contributed by atoms with E-state index in [1.807, 2.05) is 0 Å². The lowest BCUT2D eigenvalue weighted by Gasteiger charge is -2.26. The molecule has 1 aliphatic rings. The number of nitrogens with zero attached hydrogens (tertiary/aromatic N) is 1. The smallest absolute Gasteiger partial charge is 0.252 e. The Balaban J connectivity index is 1.53. The third kappa shape index (κ3) is 4.48. The van der Waals surface area contributed by atoms with Crippen LogP contribution in [0.3, 0.4) is 0 Å². The molecule has 1 fully saturated rings. The van der Waals surface area contributed by atoms with E-state index >= 15 is 0 Å². The maximum Gasteiger partial charge on any atom is 0.252 e. The van der Waals surface area contributed by atoms with Gasteiger partial charge >= 0.3 is 0 Å². The molecule has 4 N–H and O–H groups in total. The summed E-state index contributed by atoms with van der Waals surface area (Å²) in [5.41, 5.74) is -0.977. The minimum Gasteiger partial charge on any atom is -0.387 e. The number of amides is 2. The second-order valence-electron chi connectivity index (χ2n) is 6.51. The average molecular weight is 406 g/mol. The van der Waals surface area contributed by atoms with Crippen LogP contribution in [0.1, 0.15) is 20.7 Å². The summed E-state index contributed by atoms with van der Waals surface area (Å²) in [6.07, 6.45) is 0.843. The monoisotopic (exact) mass is 405 g/mol.